The van der Waals surface area contributed by atoms with E-state index in [0.29, 0.717) is 17.3 Å². The molecule has 0 saturated carbocycles. The van der Waals surface area contributed by atoms with Crippen LogP contribution in [0.2, 0.25) is 5.02 Å². The van der Waals surface area contributed by atoms with Gasteiger partial charge in [0, 0.05) is 16.6 Å². The highest BCUT2D eigenvalue weighted by Gasteiger charge is 2.30. The van der Waals surface area contributed by atoms with Gasteiger partial charge in [-0.1, -0.05) is 62.8 Å². The van der Waals surface area contributed by atoms with Gasteiger partial charge in [0.25, 0.3) is 0 Å². The Morgan fingerprint density at radius 2 is 1.80 bits per heavy atom. The molecule has 0 fully saturated rings. The zero-order valence-electron chi connectivity index (χ0n) is 17.7. The molecule has 0 saturated heterocycles. The molecule has 1 atom stereocenters. The third kappa shape index (κ3) is 5.99. The summed E-state index contributed by atoms with van der Waals surface area (Å²) in [6.45, 7) is 2.81. The van der Waals surface area contributed by atoms with Crippen LogP contribution in [0.5, 0.6) is 5.75 Å². The number of halogens is 1. The Balaban J connectivity index is 1.69. The van der Waals surface area contributed by atoms with Crippen molar-refractivity contribution in [2.75, 3.05) is 19.0 Å². The van der Waals surface area contributed by atoms with E-state index in [2.05, 4.69) is 17.3 Å². The maximum absolute atomic E-state index is 12.8. The van der Waals surface area contributed by atoms with Gasteiger partial charge < -0.3 is 10.1 Å². The fourth-order valence-electron chi connectivity index (χ4n) is 3.67. The van der Waals surface area contributed by atoms with Crippen LogP contribution < -0.4 is 10.1 Å². The molecular weight excluding hydrogens is 398 g/mol. The predicted molar refractivity (Wildman–Crippen MR) is 124 cm³/mol. The Morgan fingerprint density at radius 1 is 1.10 bits per heavy atom. The number of hydrazone groups is 1. The first-order chi connectivity index (χ1) is 14.6. The smallest absolute Gasteiger partial charge is 0.342 e. The minimum absolute atomic E-state index is 0.222. The van der Waals surface area contributed by atoms with E-state index in [0.717, 1.165) is 29.9 Å². The lowest BCUT2D eigenvalue weighted by atomic mass is 9.92. The van der Waals surface area contributed by atoms with Gasteiger partial charge in [-0.2, -0.15) is 5.10 Å². The lowest BCUT2D eigenvalue weighted by Crippen LogP contribution is -2.30. The number of unbranched alkanes of at least 4 members (excludes halogenated alkanes) is 4. The summed E-state index contributed by atoms with van der Waals surface area (Å²) in [4.78, 5) is 12.8. The topological polar surface area (TPSA) is 53.9 Å². The molecule has 1 aliphatic rings. The molecule has 0 bridgehead atoms. The van der Waals surface area contributed by atoms with E-state index in [1.807, 2.05) is 48.5 Å². The zero-order valence-corrected chi connectivity index (χ0v) is 18.5. The first-order valence-electron chi connectivity index (χ1n) is 10.7. The number of benzene rings is 2. The summed E-state index contributed by atoms with van der Waals surface area (Å²) in [5.74, 6) is 0.981. The normalized spacial score (nSPS) is 15.8. The highest BCUT2D eigenvalue weighted by atomic mass is 35.5. The van der Waals surface area contributed by atoms with E-state index in [-0.39, 0.29) is 11.9 Å². The van der Waals surface area contributed by atoms with Gasteiger partial charge in [0.2, 0.25) is 0 Å². The molecule has 0 aliphatic carbocycles. The molecule has 5 nitrogen and oxygen atoms in total. The second-order valence-electron chi connectivity index (χ2n) is 7.63. The lowest BCUT2D eigenvalue weighted by molar-refractivity contribution is 0.215. The van der Waals surface area contributed by atoms with E-state index in [4.69, 9.17) is 16.3 Å². The Labute approximate surface area is 184 Å². The molecule has 1 heterocycles. The predicted octanol–water partition coefficient (Wildman–Crippen LogP) is 6.58. The van der Waals surface area contributed by atoms with Crippen molar-refractivity contribution in [1.82, 2.24) is 5.01 Å². The molecule has 3 rings (SSSR count). The second-order valence-corrected chi connectivity index (χ2v) is 8.07. The Morgan fingerprint density at radius 3 is 2.47 bits per heavy atom. The Kier molecular flexibility index (Phi) is 8.14. The quantitative estimate of drug-likeness (QED) is 0.459. The summed E-state index contributed by atoms with van der Waals surface area (Å²) >= 11 is 6.05. The van der Waals surface area contributed by atoms with Gasteiger partial charge >= 0.3 is 6.03 Å². The van der Waals surface area contributed by atoms with Crippen molar-refractivity contribution in [3.05, 3.63) is 59.1 Å². The number of rotatable bonds is 9. The number of nitrogens with one attached hydrogen (secondary N) is 1. The molecule has 160 valence electrons. The van der Waals surface area contributed by atoms with Crippen LogP contribution in [0.3, 0.4) is 0 Å². The highest BCUT2D eigenvalue weighted by Crippen LogP contribution is 2.26. The number of amides is 2. The van der Waals surface area contributed by atoms with Gasteiger partial charge in [0.1, 0.15) is 5.75 Å². The summed E-state index contributed by atoms with van der Waals surface area (Å²) < 4.78 is 5.17. The first kappa shape index (κ1) is 22.2. The molecule has 0 spiro atoms. The van der Waals surface area contributed by atoms with Crippen LogP contribution in [-0.2, 0) is 0 Å². The van der Waals surface area contributed by atoms with Gasteiger partial charge in [-0.3, -0.25) is 0 Å². The Hall–Kier alpha value is -2.53. The van der Waals surface area contributed by atoms with E-state index < -0.39 is 0 Å². The monoisotopic (exact) mass is 427 g/mol. The minimum atomic E-state index is -0.222. The average Bonchev–Trinajstić information content (AvgIpc) is 3.19. The number of ether oxygens (including phenoxy) is 1. The zero-order chi connectivity index (χ0) is 21.3. The maximum Gasteiger partial charge on any atom is 0.342 e. The van der Waals surface area contributed by atoms with Crippen LogP contribution in [-0.4, -0.2) is 30.4 Å². The van der Waals surface area contributed by atoms with Gasteiger partial charge in [0.05, 0.1) is 19.4 Å². The SMILES string of the molecule is CCCCCCCC1CN(C(=O)Nc2ccc(OC)cc2)N=C1c1ccc(Cl)cc1. The third-order valence-corrected chi connectivity index (χ3v) is 5.63. The molecule has 30 heavy (non-hydrogen) atoms. The van der Waals surface area contributed by atoms with Crippen molar-refractivity contribution in [2.24, 2.45) is 11.0 Å². The molecule has 1 aliphatic heterocycles. The molecule has 0 aromatic heterocycles. The summed E-state index contributed by atoms with van der Waals surface area (Å²) in [6, 6.07) is 14.8. The van der Waals surface area contributed by atoms with Crippen LogP contribution in [0.15, 0.2) is 53.6 Å². The number of nitrogens with zero attached hydrogens (tertiary/aromatic N) is 2. The first-order valence-corrected chi connectivity index (χ1v) is 11.1. The molecule has 2 aromatic rings. The van der Waals surface area contributed by atoms with E-state index in [1.54, 1.807) is 12.1 Å². The fourth-order valence-corrected chi connectivity index (χ4v) is 3.80. The molecular formula is C24H30ClN3O2. The molecule has 1 unspecified atom stereocenters. The van der Waals surface area contributed by atoms with E-state index in [9.17, 15) is 4.79 Å². The second kappa shape index (κ2) is 11.0. The molecule has 2 amide bonds. The number of anilines is 1. The Bertz CT molecular complexity index is 850. The van der Waals surface area contributed by atoms with Gasteiger partial charge in [-0.25, -0.2) is 9.80 Å². The number of methoxy groups -OCH3 is 1. The van der Waals surface area contributed by atoms with Gasteiger partial charge in [-0.15, -0.1) is 0 Å². The van der Waals surface area contributed by atoms with Crippen LogP contribution in [0.4, 0.5) is 10.5 Å². The van der Waals surface area contributed by atoms with Crippen molar-refractivity contribution in [3.8, 4) is 5.75 Å². The van der Waals surface area contributed by atoms with Crippen LogP contribution in [0.1, 0.15) is 51.0 Å². The summed E-state index contributed by atoms with van der Waals surface area (Å²) in [7, 11) is 1.62. The summed E-state index contributed by atoms with van der Waals surface area (Å²) in [5, 5.41) is 9.85. The van der Waals surface area contributed by atoms with Crippen LogP contribution in [0.25, 0.3) is 0 Å². The van der Waals surface area contributed by atoms with Crippen LogP contribution >= 0.6 is 11.6 Å². The largest absolute Gasteiger partial charge is 0.497 e. The van der Waals surface area contributed by atoms with Crippen molar-refractivity contribution in [1.29, 1.82) is 0 Å². The number of carbonyl (C=O) groups is 1. The number of hydrogen-bond donors (Lipinski definition) is 1. The minimum Gasteiger partial charge on any atom is -0.497 e. The molecule has 6 heteroatoms. The standard InChI is InChI=1S/C24H30ClN3O2/c1-3-4-5-6-7-8-19-17-28(27-23(19)18-9-11-20(25)12-10-18)24(29)26-21-13-15-22(30-2)16-14-21/h9-16,19H,3-8,17H2,1-2H3,(H,26,29). The fraction of sp³-hybridized carbons (Fsp3) is 0.417. The van der Waals surface area contributed by atoms with E-state index in [1.165, 1.54) is 25.7 Å². The molecule has 1 N–H and O–H groups in total. The summed E-state index contributed by atoms with van der Waals surface area (Å²) in [6.07, 6.45) is 7.16. The van der Waals surface area contributed by atoms with Crippen LogP contribution in [0, 0.1) is 5.92 Å². The third-order valence-electron chi connectivity index (χ3n) is 5.38. The number of carbonyl (C=O) groups excluding carboxylic acids is 1. The average molecular weight is 428 g/mol. The van der Waals surface area contributed by atoms with Crippen molar-refractivity contribution in [3.63, 3.8) is 0 Å². The summed E-state index contributed by atoms with van der Waals surface area (Å²) in [5.41, 5.74) is 2.71. The van der Waals surface area contributed by atoms with Crippen molar-refractivity contribution in [2.45, 2.75) is 45.4 Å². The lowest BCUT2D eigenvalue weighted by Gasteiger charge is -2.16. The van der Waals surface area contributed by atoms with Gasteiger partial charge in [0.15, 0.2) is 0 Å². The molecule has 0 radical (unpaired) electrons. The highest BCUT2D eigenvalue weighted by molar-refractivity contribution is 6.30. The van der Waals surface area contributed by atoms with Gasteiger partial charge in [-0.05, 0) is 48.4 Å². The van der Waals surface area contributed by atoms with Crippen molar-refractivity contribution < 1.29 is 9.53 Å². The van der Waals surface area contributed by atoms with E-state index >= 15 is 0 Å². The number of urea groups is 1. The number of hydrogen-bond acceptors (Lipinski definition) is 3. The van der Waals surface area contributed by atoms with Crippen molar-refractivity contribution >= 4 is 29.0 Å². The molecule has 2 aromatic carbocycles. The maximum atomic E-state index is 12.8.